The summed E-state index contributed by atoms with van der Waals surface area (Å²) in [7, 11) is 2.91. The van der Waals surface area contributed by atoms with Crippen LogP contribution in [0.1, 0.15) is 71.4 Å². The molecule has 7 atom stereocenters. The van der Waals surface area contributed by atoms with Crippen molar-refractivity contribution in [3.8, 4) is 11.6 Å². The number of esters is 1. The molecule has 4 aliphatic rings. The first kappa shape index (κ1) is 30.4. The van der Waals surface area contributed by atoms with Gasteiger partial charge in [0.25, 0.3) is 0 Å². The average Bonchev–Trinajstić information content (AvgIpc) is 3.48. The Labute approximate surface area is 258 Å². The van der Waals surface area contributed by atoms with Crippen LogP contribution in [0.5, 0.6) is 11.6 Å². The van der Waals surface area contributed by atoms with Crippen LogP contribution in [0.3, 0.4) is 0 Å². The number of methoxy groups -OCH3 is 2. The maximum atomic E-state index is 14.1. The van der Waals surface area contributed by atoms with E-state index in [1.807, 2.05) is 39.0 Å². The van der Waals surface area contributed by atoms with Crippen molar-refractivity contribution in [2.24, 2.45) is 23.2 Å². The zero-order valence-corrected chi connectivity index (χ0v) is 26.3. The molecule has 1 aromatic heterocycles. The maximum Gasteiger partial charge on any atom is 0.408 e. The number of fused-ring (bicyclic) bond motifs is 7. The second-order valence-corrected chi connectivity index (χ2v) is 13.9. The Bertz CT molecular complexity index is 1420. The molecule has 238 valence electrons. The van der Waals surface area contributed by atoms with E-state index in [1.54, 1.807) is 7.11 Å². The quantitative estimate of drug-likeness (QED) is 0.492. The van der Waals surface area contributed by atoms with E-state index in [1.165, 1.54) is 18.4 Å². The summed E-state index contributed by atoms with van der Waals surface area (Å²) in [5.41, 5.74) is 1.50. The maximum absolute atomic E-state index is 14.1. The number of carbonyl (C=O) groups is 3. The Kier molecular flexibility index (Phi) is 8.32. The summed E-state index contributed by atoms with van der Waals surface area (Å²) in [5, 5.41) is 2.88. The molecular formula is C33H44N4O7. The van der Waals surface area contributed by atoms with Gasteiger partial charge in [0.15, 0.2) is 0 Å². The first-order valence-electron chi connectivity index (χ1n) is 15.9. The molecule has 3 fully saturated rings. The number of rotatable bonds is 2. The summed E-state index contributed by atoms with van der Waals surface area (Å²) in [4.78, 5) is 51.6. The zero-order chi connectivity index (χ0) is 31.2. The van der Waals surface area contributed by atoms with E-state index >= 15 is 0 Å². The number of nitrogens with zero attached hydrogens (tertiary/aromatic N) is 3. The number of hydrogen-bond donors (Lipinski definition) is 1. The zero-order valence-electron chi connectivity index (χ0n) is 26.3. The SMILES string of the molecule is COC(=O)[C@@H]1C[C@@H]2CN1C(=O)[C@H](C(C)(C)C)NC(=O)O[C@@H]1CC3C[C@@H]3[C@H]1CCCCCc1nc3ccc(OC)cc3nc1O2. The first-order chi connectivity index (χ1) is 21.0. The molecule has 0 radical (unpaired) electrons. The van der Waals surface area contributed by atoms with E-state index in [0.29, 0.717) is 41.3 Å². The van der Waals surface area contributed by atoms with Gasteiger partial charge in [0.05, 0.1) is 31.8 Å². The van der Waals surface area contributed by atoms with Crippen LogP contribution in [0.15, 0.2) is 18.2 Å². The number of hydrogen-bond acceptors (Lipinski definition) is 9. The van der Waals surface area contributed by atoms with Crippen molar-refractivity contribution < 1.29 is 33.3 Å². The lowest BCUT2D eigenvalue weighted by molar-refractivity contribution is -0.152. The number of aromatic nitrogens is 2. The van der Waals surface area contributed by atoms with E-state index in [0.717, 1.165) is 43.3 Å². The fourth-order valence-corrected chi connectivity index (χ4v) is 7.39. The molecule has 2 aromatic rings. The molecule has 6 rings (SSSR count). The summed E-state index contributed by atoms with van der Waals surface area (Å²) in [6.07, 6.45) is 5.70. The molecule has 2 saturated carbocycles. The second-order valence-electron chi connectivity index (χ2n) is 13.9. The number of benzene rings is 1. The van der Waals surface area contributed by atoms with Crippen molar-refractivity contribution in [3.05, 3.63) is 23.9 Å². The van der Waals surface area contributed by atoms with Gasteiger partial charge in [0, 0.05) is 12.5 Å². The van der Waals surface area contributed by atoms with Crippen LogP contribution in [0.25, 0.3) is 11.0 Å². The van der Waals surface area contributed by atoms with Crippen molar-refractivity contribution in [1.29, 1.82) is 0 Å². The molecule has 2 aliphatic heterocycles. The van der Waals surface area contributed by atoms with Crippen LogP contribution in [-0.4, -0.2) is 77.9 Å². The third-order valence-corrected chi connectivity index (χ3v) is 9.83. The molecule has 44 heavy (non-hydrogen) atoms. The highest BCUT2D eigenvalue weighted by molar-refractivity contribution is 5.91. The monoisotopic (exact) mass is 608 g/mol. The van der Waals surface area contributed by atoms with Crippen LogP contribution >= 0.6 is 0 Å². The highest BCUT2D eigenvalue weighted by Crippen LogP contribution is 2.57. The average molecular weight is 609 g/mol. The predicted octanol–water partition coefficient (Wildman–Crippen LogP) is 4.44. The fraction of sp³-hybridized carbons (Fsp3) is 0.667. The Morgan fingerprint density at radius 2 is 1.82 bits per heavy atom. The number of nitrogens with one attached hydrogen (secondary N) is 1. The third kappa shape index (κ3) is 6.15. The summed E-state index contributed by atoms with van der Waals surface area (Å²) in [6, 6.07) is 3.79. The van der Waals surface area contributed by atoms with E-state index in [9.17, 15) is 14.4 Å². The van der Waals surface area contributed by atoms with Crippen LogP contribution < -0.4 is 14.8 Å². The minimum absolute atomic E-state index is 0.132. The number of alkyl carbamates (subject to hydrolysis) is 1. The number of amides is 2. The molecule has 2 amide bonds. The molecule has 11 heteroatoms. The number of ether oxygens (including phenoxy) is 4. The molecule has 0 spiro atoms. The van der Waals surface area contributed by atoms with Gasteiger partial charge in [-0.05, 0) is 67.4 Å². The molecular weight excluding hydrogens is 564 g/mol. The van der Waals surface area contributed by atoms with Crippen LogP contribution in [0.4, 0.5) is 4.79 Å². The van der Waals surface area contributed by atoms with Crippen molar-refractivity contribution in [3.63, 3.8) is 0 Å². The van der Waals surface area contributed by atoms with Crippen LogP contribution in [0.2, 0.25) is 0 Å². The van der Waals surface area contributed by atoms with E-state index in [-0.39, 0.29) is 25.0 Å². The van der Waals surface area contributed by atoms with Crippen molar-refractivity contribution in [2.75, 3.05) is 20.8 Å². The highest BCUT2D eigenvalue weighted by Gasteiger charge is 2.54. The van der Waals surface area contributed by atoms with E-state index < -0.39 is 35.7 Å². The third-order valence-electron chi connectivity index (χ3n) is 9.83. The smallest absolute Gasteiger partial charge is 0.408 e. The Morgan fingerprint density at radius 3 is 2.57 bits per heavy atom. The van der Waals surface area contributed by atoms with Gasteiger partial charge in [-0.3, -0.25) is 4.79 Å². The van der Waals surface area contributed by atoms with Gasteiger partial charge in [-0.2, -0.15) is 0 Å². The van der Waals surface area contributed by atoms with Gasteiger partial charge in [-0.1, -0.05) is 33.6 Å². The molecule has 2 bridgehead atoms. The van der Waals surface area contributed by atoms with Crippen molar-refractivity contribution >= 4 is 29.0 Å². The van der Waals surface area contributed by atoms with Crippen molar-refractivity contribution in [1.82, 2.24) is 20.2 Å². The summed E-state index contributed by atoms with van der Waals surface area (Å²) >= 11 is 0. The minimum atomic E-state index is -0.919. The fourth-order valence-electron chi connectivity index (χ4n) is 7.39. The van der Waals surface area contributed by atoms with E-state index in [2.05, 4.69) is 5.32 Å². The summed E-state index contributed by atoms with van der Waals surface area (Å²) in [6.45, 7) is 5.79. The standard InChI is InChI=1S/C33H44N4O7/c1-33(2,3)28-30(38)37-17-20(16-26(37)31(39)42-5)43-29-24(34-23-12-11-19(41-4)15-25(23)35-29)10-8-6-7-9-21-22-13-18(22)14-27(21)44-32(40)36-28/h11-12,15,18,20-22,26-28H,6-10,13-14,16-17H2,1-5H3,(H,36,40)/t18?,20-,21-,22+,26+,27-,28-/m1/s1. The topological polar surface area (TPSA) is 129 Å². The Balaban J connectivity index is 1.34. The highest BCUT2D eigenvalue weighted by atomic mass is 16.6. The van der Waals surface area contributed by atoms with Gasteiger partial charge < -0.3 is 29.2 Å². The lowest BCUT2D eigenvalue weighted by atomic mass is 9.85. The van der Waals surface area contributed by atoms with Crippen molar-refractivity contribution in [2.45, 2.75) is 96.4 Å². The molecule has 3 heterocycles. The lowest BCUT2D eigenvalue weighted by Gasteiger charge is -2.35. The molecule has 2 aliphatic carbocycles. The second kappa shape index (κ2) is 12.0. The van der Waals surface area contributed by atoms with Gasteiger partial charge in [-0.25, -0.2) is 19.6 Å². The molecule has 1 N–H and O–H groups in total. The van der Waals surface area contributed by atoms with Gasteiger partial charge in [-0.15, -0.1) is 0 Å². The summed E-state index contributed by atoms with van der Waals surface area (Å²) in [5.74, 6) is 1.74. The van der Waals surface area contributed by atoms with Gasteiger partial charge in [0.2, 0.25) is 11.8 Å². The van der Waals surface area contributed by atoms with Gasteiger partial charge in [0.1, 0.15) is 35.7 Å². The van der Waals surface area contributed by atoms with E-state index in [4.69, 9.17) is 28.9 Å². The number of aryl methyl sites for hydroxylation is 1. The minimum Gasteiger partial charge on any atom is -0.497 e. The first-order valence-corrected chi connectivity index (χ1v) is 15.9. The van der Waals surface area contributed by atoms with Crippen LogP contribution in [-0.2, 0) is 25.5 Å². The molecule has 11 nitrogen and oxygen atoms in total. The largest absolute Gasteiger partial charge is 0.497 e. The van der Waals surface area contributed by atoms with Gasteiger partial charge >= 0.3 is 12.1 Å². The normalized spacial score (nSPS) is 30.9. The Morgan fingerprint density at radius 1 is 1.00 bits per heavy atom. The summed E-state index contributed by atoms with van der Waals surface area (Å²) < 4.78 is 23.0. The number of carbonyl (C=O) groups excluding carboxylic acids is 3. The molecule has 1 unspecified atom stereocenters. The molecule has 1 aromatic carbocycles. The molecule has 1 saturated heterocycles. The Hall–Kier alpha value is -3.63. The van der Waals surface area contributed by atoms with Crippen LogP contribution in [0, 0.1) is 23.2 Å². The predicted molar refractivity (Wildman–Crippen MR) is 161 cm³/mol. The lowest BCUT2D eigenvalue weighted by Crippen LogP contribution is -2.57.